The number of carbonyl (C=O) groups excluding carboxylic acids is 1. The number of ether oxygens (including phenoxy) is 4. The van der Waals surface area contributed by atoms with Crippen molar-refractivity contribution >= 4 is 44.0 Å². The molecule has 3 atom stereocenters. The summed E-state index contributed by atoms with van der Waals surface area (Å²) in [5.41, 5.74) is 2.59. The van der Waals surface area contributed by atoms with Crippen LogP contribution in [0.2, 0.25) is 0 Å². The van der Waals surface area contributed by atoms with E-state index in [0.29, 0.717) is 43.7 Å². The molecule has 3 aromatic carbocycles. The van der Waals surface area contributed by atoms with Crippen molar-refractivity contribution in [1.29, 1.82) is 0 Å². The van der Waals surface area contributed by atoms with Crippen LogP contribution in [0.3, 0.4) is 0 Å². The molecule has 390 valence electrons. The van der Waals surface area contributed by atoms with E-state index in [1.807, 2.05) is 0 Å². The quantitative estimate of drug-likeness (QED) is 0.0568. The molecule has 1 amide bonds. The van der Waals surface area contributed by atoms with Crippen molar-refractivity contribution in [3.63, 3.8) is 0 Å². The van der Waals surface area contributed by atoms with Gasteiger partial charge in [-0.1, -0.05) is 38.1 Å². The van der Waals surface area contributed by atoms with Gasteiger partial charge in [0.2, 0.25) is 0 Å². The number of H-pyrrole nitrogens is 1. The van der Waals surface area contributed by atoms with Crippen LogP contribution in [0, 0.1) is 27.3 Å². The van der Waals surface area contributed by atoms with Crippen LogP contribution in [-0.2, 0) is 14.8 Å². The molecular weight excluding hydrogens is 958 g/mol. The Morgan fingerprint density at radius 2 is 1.78 bits per heavy atom. The van der Waals surface area contributed by atoms with Gasteiger partial charge in [0, 0.05) is 68.4 Å². The first kappa shape index (κ1) is 50.5. The summed E-state index contributed by atoms with van der Waals surface area (Å²) < 4.78 is 69.4. The number of aromatic amines is 1. The van der Waals surface area contributed by atoms with E-state index in [4.69, 9.17) is 18.9 Å². The number of carbonyl (C=O) groups is 1. The molecule has 10 rings (SSSR count). The Hall–Kier alpha value is -6.02. The van der Waals surface area contributed by atoms with E-state index in [-0.39, 0.29) is 82.1 Å². The second kappa shape index (κ2) is 20.0. The molecule has 0 unspecified atom stereocenters. The zero-order chi connectivity index (χ0) is 51.4. The van der Waals surface area contributed by atoms with Gasteiger partial charge in [-0.25, -0.2) is 17.5 Å². The van der Waals surface area contributed by atoms with Gasteiger partial charge in [0.25, 0.3) is 27.5 Å². The summed E-state index contributed by atoms with van der Waals surface area (Å²) in [5.74, 6) is -1.31. The lowest BCUT2D eigenvalue weighted by atomic mass is 9.59. The van der Waals surface area contributed by atoms with Gasteiger partial charge in [-0.05, 0) is 125 Å². The van der Waals surface area contributed by atoms with Crippen LogP contribution < -0.4 is 29.1 Å². The third-order valence-corrected chi connectivity index (χ3v) is 17.6. The van der Waals surface area contributed by atoms with Gasteiger partial charge in [0.1, 0.15) is 30.4 Å². The molecule has 17 nitrogen and oxygen atoms in total. The maximum Gasteiger partial charge on any atom is 0.297 e. The minimum atomic E-state index is -4.78. The van der Waals surface area contributed by atoms with Crippen LogP contribution in [0.1, 0.15) is 125 Å². The Labute approximate surface area is 425 Å². The maximum absolute atomic E-state index is 15.1. The van der Waals surface area contributed by atoms with Gasteiger partial charge < -0.3 is 39.3 Å². The number of likely N-dealkylation sites (tertiary alicyclic amines) is 1. The number of rotatable bonds is 15. The molecular formula is C54H66FN7O10S. The van der Waals surface area contributed by atoms with Gasteiger partial charge in [-0.2, -0.15) is 4.98 Å². The number of benzene rings is 3. The number of aromatic nitrogens is 2. The smallest absolute Gasteiger partial charge is 0.297 e. The Bertz CT molecular complexity index is 2990. The van der Waals surface area contributed by atoms with E-state index < -0.39 is 42.9 Å². The molecule has 0 bridgehead atoms. The maximum atomic E-state index is 15.1. The van der Waals surface area contributed by atoms with Gasteiger partial charge in [-0.3, -0.25) is 19.8 Å². The van der Waals surface area contributed by atoms with Crippen molar-refractivity contribution < 1.29 is 46.6 Å². The molecule has 5 aliphatic rings. The molecule has 4 N–H and O–H groups in total. The first-order chi connectivity index (χ1) is 34.9. The molecule has 5 aromatic rings. The van der Waals surface area contributed by atoms with E-state index >= 15 is 4.39 Å². The highest BCUT2D eigenvalue weighted by atomic mass is 32.2. The van der Waals surface area contributed by atoms with Crippen LogP contribution in [0.4, 0.5) is 21.5 Å². The van der Waals surface area contributed by atoms with Gasteiger partial charge >= 0.3 is 0 Å². The lowest BCUT2D eigenvalue weighted by Gasteiger charge is -2.56. The molecule has 1 spiro atoms. The number of piperidine rings is 1. The SMILES string of the molecule is CO[C@@H](C)COc1nc2[nH]cc(F)c2cc1Oc1cc(N2CCC3(CC2)CC(N2CCC[C@H]2c2ccccc2C(C)C)C3)ccc1C(=O)NS(=O)(=O)c1cc2c(c([N+](=O)[O-])c1)N[C@@H]([C@H]1CC[C@](C)(O)CC1)CO2. The number of pyridine rings is 1. The fourth-order valence-corrected chi connectivity index (χ4v) is 12.9. The van der Waals surface area contributed by atoms with Crippen LogP contribution in [-0.4, -0.2) is 103 Å². The van der Waals surface area contributed by atoms with Crippen molar-refractivity contribution in [3.8, 4) is 23.1 Å². The zero-order valence-electron chi connectivity index (χ0n) is 42.1. The lowest BCUT2D eigenvalue weighted by Crippen LogP contribution is -2.54. The summed E-state index contributed by atoms with van der Waals surface area (Å²) in [6, 6.07) is 17.9. The number of hydrogen-bond donors (Lipinski definition) is 4. The summed E-state index contributed by atoms with van der Waals surface area (Å²) in [5, 5.41) is 26.3. The summed E-state index contributed by atoms with van der Waals surface area (Å²) in [6.45, 7) is 10.9. The largest absolute Gasteiger partial charge is 0.489 e. The summed E-state index contributed by atoms with van der Waals surface area (Å²) >= 11 is 0. The number of hydrogen-bond acceptors (Lipinski definition) is 14. The van der Waals surface area contributed by atoms with Crippen molar-refractivity contribution in [3.05, 3.63) is 99.5 Å². The number of aliphatic hydroxyl groups is 1. The fourth-order valence-electron chi connectivity index (χ4n) is 11.9. The van der Waals surface area contributed by atoms with E-state index in [2.05, 4.69) is 67.9 Å². The molecule has 5 heterocycles. The van der Waals surface area contributed by atoms with E-state index in [0.717, 1.165) is 69.3 Å². The van der Waals surface area contributed by atoms with E-state index in [1.54, 1.807) is 26.0 Å². The third-order valence-electron chi connectivity index (χ3n) is 16.3. The Morgan fingerprint density at radius 3 is 2.51 bits per heavy atom. The molecule has 2 saturated heterocycles. The first-order valence-corrected chi connectivity index (χ1v) is 27.1. The van der Waals surface area contributed by atoms with Crippen LogP contribution in [0.25, 0.3) is 11.0 Å². The minimum absolute atomic E-state index is 0.0254. The Morgan fingerprint density at radius 1 is 1.03 bits per heavy atom. The van der Waals surface area contributed by atoms with Gasteiger partial charge in [-0.15, -0.1) is 0 Å². The van der Waals surface area contributed by atoms with Crippen LogP contribution in [0.15, 0.2) is 71.8 Å². The number of nitrogens with zero attached hydrogens (tertiary/aromatic N) is 4. The molecule has 2 saturated carbocycles. The minimum Gasteiger partial charge on any atom is -0.489 e. The number of anilines is 2. The predicted molar refractivity (Wildman–Crippen MR) is 274 cm³/mol. The molecule has 2 aromatic heterocycles. The number of fused-ring (bicyclic) bond motifs is 2. The standard InChI is InChI=1S/C54H66FN7O10S/c1-32(2)38-9-6-7-10-39(38)44-11-8-20-61(44)36-27-54(28-36)18-21-60(22-19-54)35-12-13-40(46(23-35)72-48-26-41-42(55)29-56-50(41)58-52(48)71-30-33(3)69-5)51(63)59-73(67,68)37-24-45(62(65)66)49-47(25-37)70-31-43(57-49)34-14-16-53(4,64)17-15-34/h6-7,9-10,12-13,23-26,29,32-34,36,43-44,57,64H,8,11,14-22,27-28,30-31H2,1-5H3,(H,56,58)(H,59,63)/t33-,34-,43+,44-,53-/m0/s1. The fraction of sp³-hybridized carbons (Fsp3) is 0.519. The average Bonchev–Trinajstić information content (AvgIpc) is 4.00. The van der Waals surface area contributed by atoms with Crippen molar-refractivity contribution in [2.75, 3.05) is 50.2 Å². The Kier molecular flexibility index (Phi) is 13.8. The molecule has 0 radical (unpaired) electrons. The highest BCUT2D eigenvalue weighted by Crippen LogP contribution is 2.54. The topological polar surface area (TPSA) is 211 Å². The third kappa shape index (κ3) is 10.3. The summed E-state index contributed by atoms with van der Waals surface area (Å²) in [4.78, 5) is 37.9. The average molecular weight is 1020 g/mol. The molecule has 19 heteroatoms. The number of nitro groups is 1. The Balaban J connectivity index is 0.904. The zero-order valence-corrected chi connectivity index (χ0v) is 42.9. The second-order valence-electron chi connectivity index (χ2n) is 21.6. The van der Waals surface area contributed by atoms with Crippen molar-refractivity contribution in [1.82, 2.24) is 19.6 Å². The van der Waals surface area contributed by atoms with Crippen molar-refractivity contribution in [2.24, 2.45) is 11.3 Å². The van der Waals surface area contributed by atoms with Crippen molar-refractivity contribution in [2.45, 2.75) is 133 Å². The number of nitro benzene ring substituents is 1. The number of halogens is 1. The van der Waals surface area contributed by atoms with Crippen LogP contribution >= 0.6 is 0 Å². The molecule has 2 aliphatic carbocycles. The second-order valence-corrected chi connectivity index (χ2v) is 23.3. The lowest BCUT2D eigenvalue weighted by molar-refractivity contribution is -0.384. The van der Waals surface area contributed by atoms with E-state index in [1.165, 1.54) is 43.2 Å². The number of amides is 1. The monoisotopic (exact) mass is 1020 g/mol. The summed E-state index contributed by atoms with van der Waals surface area (Å²) in [7, 11) is -3.25. The number of sulfonamides is 1. The van der Waals surface area contributed by atoms with Crippen LogP contribution in [0.5, 0.6) is 23.1 Å². The molecule has 3 aliphatic heterocycles. The summed E-state index contributed by atoms with van der Waals surface area (Å²) in [6.07, 6.45) is 9.92. The van der Waals surface area contributed by atoms with E-state index in [9.17, 15) is 28.4 Å². The predicted octanol–water partition coefficient (Wildman–Crippen LogP) is 9.76. The normalized spacial score (nSPS) is 23.6. The van der Waals surface area contributed by atoms with Gasteiger partial charge in [0.15, 0.2) is 17.2 Å². The molecule has 4 fully saturated rings. The number of methoxy groups -OCH3 is 1. The molecule has 73 heavy (non-hydrogen) atoms. The number of nitrogens with one attached hydrogen (secondary N) is 3. The highest BCUT2D eigenvalue weighted by molar-refractivity contribution is 7.90. The van der Waals surface area contributed by atoms with Gasteiger partial charge in [0.05, 0.1) is 38.5 Å². The first-order valence-electron chi connectivity index (χ1n) is 25.7. The highest BCUT2D eigenvalue weighted by Gasteiger charge is 2.50.